The molecule has 2 aromatic carbocycles. The van der Waals surface area contributed by atoms with E-state index in [1.165, 1.54) is 18.0 Å². The van der Waals surface area contributed by atoms with E-state index < -0.39 is 5.25 Å². The van der Waals surface area contributed by atoms with E-state index in [4.69, 9.17) is 9.47 Å². The number of amidine groups is 1. The second-order valence-electron chi connectivity index (χ2n) is 6.47. The van der Waals surface area contributed by atoms with E-state index in [9.17, 15) is 9.59 Å². The Morgan fingerprint density at radius 1 is 1.20 bits per heavy atom. The molecule has 0 radical (unpaired) electrons. The maximum absolute atomic E-state index is 12.2. The molecule has 1 saturated heterocycles. The first kappa shape index (κ1) is 21.4. The number of ether oxygens (including phenoxy) is 2. The number of anilines is 1. The normalized spacial score (nSPS) is 17.2. The van der Waals surface area contributed by atoms with E-state index in [2.05, 4.69) is 20.8 Å². The molecule has 8 nitrogen and oxygen atoms in total. The van der Waals surface area contributed by atoms with Gasteiger partial charge in [0.1, 0.15) is 16.7 Å². The Balaban J connectivity index is 1.58. The molecule has 2 amide bonds. The van der Waals surface area contributed by atoms with Gasteiger partial charge in [-0.25, -0.2) is 0 Å². The van der Waals surface area contributed by atoms with Gasteiger partial charge in [0.05, 0.1) is 20.4 Å². The highest BCUT2D eigenvalue weighted by molar-refractivity contribution is 8.15. The van der Waals surface area contributed by atoms with Crippen LogP contribution in [0.5, 0.6) is 11.5 Å². The molecular weight excluding hydrogens is 404 g/mol. The molecule has 2 aromatic rings. The summed E-state index contributed by atoms with van der Waals surface area (Å²) in [5, 5.41) is 13.3. The zero-order valence-corrected chi connectivity index (χ0v) is 17.7. The van der Waals surface area contributed by atoms with Gasteiger partial charge in [0.2, 0.25) is 11.8 Å². The van der Waals surface area contributed by atoms with E-state index in [1.54, 1.807) is 32.4 Å². The molecule has 0 spiro atoms. The van der Waals surface area contributed by atoms with Gasteiger partial charge in [-0.2, -0.15) is 5.10 Å². The summed E-state index contributed by atoms with van der Waals surface area (Å²) >= 11 is 1.17. The van der Waals surface area contributed by atoms with Crippen LogP contribution in [0.1, 0.15) is 17.5 Å². The van der Waals surface area contributed by atoms with Crippen molar-refractivity contribution in [3.63, 3.8) is 0 Å². The van der Waals surface area contributed by atoms with Crippen LogP contribution in [0.15, 0.2) is 52.7 Å². The fourth-order valence-electron chi connectivity index (χ4n) is 2.67. The monoisotopic (exact) mass is 426 g/mol. The van der Waals surface area contributed by atoms with Crippen LogP contribution in [-0.2, 0) is 9.59 Å². The zero-order chi connectivity index (χ0) is 21.5. The molecule has 9 heteroatoms. The lowest BCUT2D eigenvalue weighted by Gasteiger charge is -2.07. The second-order valence-corrected chi connectivity index (χ2v) is 7.66. The predicted octanol–water partition coefficient (Wildman–Crippen LogP) is 2.96. The number of aryl methyl sites for hydroxylation is 1. The third-order valence-electron chi connectivity index (χ3n) is 4.27. The van der Waals surface area contributed by atoms with Gasteiger partial charge in [0.25, 0.3) is 0 Å². The fraction of sp³-hybridized carbons (Fsp3) is 0.238. The van der Waals surface area contributed by atoms with Crippen molar-refractivity contribution in [2.24, 2.45) is 10.2 Å². The molecule has 1 aliphatic heterocycles. The highest BCUT2D eigenvalue weighted by Gasteiger charge is 2.32. The van der Waals surface area contributed by atoms with Crippen molar-refractivity contribution in [2.45, 2.75) is 18.6 Å². The first-order valence-corrected chi connectivity index (χ1v) is 10.0. The van der Waals surface area contributed by atoms with Gasteiger partial charge in [-0.15, -0.1) is 5.10 Å². The van der Waals surface area contributed by atoms with Crippen molar-refractivity contribution in [2.75, 3.05) is 19.5 Å². The molecule has 2 N–H and O–H groups in total. The van der Waals surface area contributed by atoms with Crippen LogP contribution in [-0.4, -0.2) is 42.7 Å². The molecule has 0 unspecified atom stereocenters. The van der Waals surface area contributed by atoms with Crippen LogP contribution in [0, 0.1) is 6.92 Å². The van der Waals surface area contributed by atoms with Crippen LogP contribution >= 0.6 is 11.8 Å². The number of thioether (sulfide) groups is 1. The minimum Gasteiger partial charge on any atom is -0.497 e. The van der Waals surface area contributed by atoms with Crippen molar-refractivity contribution < 1.29 is 19.1 Å². The van der Waals surface area contributed by atoms with Crippen LogP contribution in [0.4, 0.5) is 5.69 Å². The number of hydrogen-bond donors (Lipinski definition) is 2. The highest BCUT2D eigenvalue weighted by atomic mass is 32.2. The van der Waals surface area contributed by atoms with Crippen molar-refractivity contribution >= 4 is 40.6 Å². The van der Waals surface area contributed by atoms with Gasteiger partial charge >= 0.3 is 0 Å². The third kappa shape index (κ3) is 5.60. The van der Waals surface area contributed by atoms with Crippen molar-refractivity contribution in [1.82, 2.24) is 5.32 Å². The number of benzene rings is 2. The third-order valence-corrected chi connectivity index (χ3v) is 5.34. The topological polar surface area (TPSA) is 101 Å². The molecule has 1 fully saturated rings. The Hall–Kier alpha value is -3.33. The van der Waals surface area contributed by atoms with Crippen LogP contribution in [0.3, 0.4) is 0 Å². The Bertz CT molecular complexity index is 989. The lowest BCUT2D eigenvalue weighted by Crippen LogP contribution is -2.28. The van der Waals surface area contributed by atoms with Gasteiger partial charge in [-0.3, -0.25) is 9.59 Å². The van der Waals surface area contributed by atoms with E-state index in [1.807, 2.05) is 31.2 Å². The molecule has 0 aromatic heterocycles. The number of nitrogens with zero attached hydrogens (tertiary/aromatic N) is 2. The first-order valence-electron chi connectivity index (χ1n) is 9.15. The quantitative estimate of drug-likeness (QED) is 0.524. The number of rotatable bonds is 7. The van der Waals surface area contributed by atoms with Crippen LogP contribution < -0.4 is 20.1 Å². The summed E-state index contributed by atoms with van der Waals surface area (Å²) in [5.41, 5.74) is 2.51. The standard InChI is InChI=1S/C21H22N4O4S/c1-13-4-7-15(8-5-13)23-19(26)11-18-20(27)24-21(30-18)25-22-12-14-6-9-16(28-2)10-17(14)29-3/h4-10,12,18H,11H2,1-3H3,(H,23,26)(H,24,25,27)/b22-12-/t18-/m1/s1. The smallest absolute Gasteiger partial charge is 0.240 e. The van der Waals surface area contributed by atoms with Crippen molar-refractivity contribution in [1.29, 1.82) is 0 Å². The van der Waals surface area contributed by atoms with E-state index in [0.717, 1.165) is 5.56 Å². The Morgan fingerprint density at radius 3 is 2.67 bits per heavy atom. The molecule has 156 valence electrons. The molecule has 3 rings (SSSR count). The summed E-state index contributed by atoms with van der Waals surface area (Å²) in [6, 6.07) is 12.8. The number of nitrogens with one attached hydrogen (secondary N) is 2. The minimum atomic E-state index is -0.556. The average molecular weight is 426 g/mol. The second kappa shape index (κ2) is 9.93. The predicted molar refractivity (Wildman–Crippen MR) is 119 cm³/mol. The van der Waals surface area contributed by atoms with Crippen LogP contribution in [0.2, 0.25) is 0 Å². The van der Waals surface area contributed by atoms with Crippen molar-refractivity contribution in [3.05, 3.63) is 53.6 Å². The van der Waals surface area contributed by atoms with Gasteiger partial charge in [0.15, 0.2) is 5.17 Å². The summed E-state index contributed by atoms with van der Waals surface area (Å²) in [4.78, 5) is 24.4. The molecule has 30 heavy (non-hydrogen) atoms. The zero-order valence-electron chi connectivity index (χ0n) is 16.8. The number of carbonyl (C=O) groups is 2. The maximum Gasteiger partial charge on any atom is 0.240 e. The van der Waals surface area contributed by atoms with E-state index >= 15 is 0 Å². The Kier molecular flexibility index (Phi) is 7.08. The lowest BCUT2D eigenvalue weighted by molar-refractivity contribution is -0.122. The van der Waals surface area contributed by atoms with Gasteiger partial charge in [0, 0.05) is 23.7 Å². The van der Waals surface area contributed by atoms with Gasteiger partial charge < -0.3 is 20.1 Å². The number of carbonyl (C=O) groups excluding carboxylic acids is 2. The average Bonchev–Trinajstić information content (AvgIpc) is 3.08. The molecular formula is C21H22N4O4S. The summed E-state index contributed by atoms with van der Waals surface area (Å²) in [5.74, 6) is 0.752. The molecule has 1 atom stereocenters. The van der Waals surface area contributed by atoms with Crippen LogP contribution in [0.25, 0.3) is 0 Å². The molecule has 1 heterocycles. The molecule has 1 aliphatic rings. The summed E-state index contributed by atoms with van der Waals surface area (Å²) in [6.45, 7) is 1.97. The molecule has 0 bridgehead atoms. The summed E-state index contributed by atoms with van der Waals surface area (Å²) in [6.07, 6.45) is 1.56. The maximum atomic E-state index is 12.2. The van der Waals surface area contributed by atoms with Gasteiger partial charge in [-0.1, -0.05) is 29.5 Å². The fourth-order valence-corrected chi connectivity index (χ4v) is 3.60. The first-order chi connectivity index (χ1) is 14.5. The minimum absolute atomic E-state index is 0.0411. The summed E-state index contributed by atoms with van der Waals surface area (Å²) < 4.78 is 10.5. The number of hydrogen-bond acceptors (Lipinski definition) is 7. The number of methoxy groups -OCH3 is 2. The Morgan fingerprint density at radius 2 is 1.97 bits per heavy atom. The van der Waals surface area contributed by atoms with Crippen molar-refractivity contribution in [3.8, 4) is 11.5 Å². The Labute approximate surface area is 178 Å². The lowest BCUT2D eigenvalue weighted by atomic mass is 10.2. The van der Waals surface area contributed by atoms with E-state index in [0.29, 0.717) is 27.9 Å². The largest absolute Gasteiger partial charge is 0.497 e. The van der Waals surface area contributed by atoms with E-state index in [-0.39, 0.29) is 18.2 Å². The molecule has 0 saturated carbocycles. The highest BCUT2D eigenvalue weighted by Crippen LogP contribution is 2.25. The SMILES string of the molecule is COc1ccc(/C=N\N=C2\NC(=O)[C@@H](CC(=O)Nc3ccc(C)cc3)S2)c(OC)c1. The van der Waals surface area contributed by atoms with Gasteiger partial charge in [-0.05, 0) is 31.2 Å². The number of amides is 2. The molecule has 0 aliphatic carbocycles. The summed E-state index contributed by atoms with van der Waals surface area (Å²) in [7, 11) is 3.13.